The van der Waals surface area contributed by atoms with Crippen molar-refractivity contribution in [1.82, 2.24) is 5.32 Å². The van der Waals surface area contributed by atoms with E-state index < -0.39 is 6.10 Å². The maximum Gasteiger partial charge on any atom is 0.265 e. The first-order valence-electron chi connectivity index (χ1n) is 7.52. The number of amides is 2. The highest BCUT2D eigenvalue weighted by molar-refractivity contribution is 7.12. The second-order valence-corrected chi connectivity index (χ2v) is 6.03. The Morgan fingerprint density at radius 3 is 2.65 bits per heavy atom. The molecule has 5 nitrogen and oxygen atoms in total. The van der Waals surface area contributed by atoms with Gasteiger partial charge in [-0.2, -0.15) is 0 Å². The number of hydrogen-bond donors (Lipinski definition) is 3. The van der Waals surface area contributed by atoms with E-state index >= 15 is 0 Å². The molecule has 2 rings (SSSR count). The summed E-state index contributed by atoms with van der Waals surface area (Å²) in [7, 11) is 0. The van der Waals surface area contributed by atoms with Crippen LogP contribution >= 0.6 is 11.3 Å². The fraction of sp³-hybridized carbons (Fsp3) is 0.294. The molecule has 0 aliphatic rings. The van der Waals surface area contributed by atoms with E-state index in [1.54, 1.807) is 36.4 Å². The number of anilines is 1. The predicted molar refractivity (Wildman–Crippen MR) is 92.0 cm³/mol. The van der Waals surface area contributed by atoms with Gasteiger partial charge in [-0.3, -0.25) is 9.59 Å². The Morgan fingerprint density at radius 1 is 1.17 bits per heavy atom. The van der Waals surface area contributed by atoms with Gasteiger partial charge in [-0.25, -0.2) is 0 Å². The van der Waals surface area contributed by atoms with E-state index in [0.717, 1.165) is 0 Å². The molecule has 1 unspecified atom stereocenters. The molecule has 2 aromatic rings. The SMILES string of the molecule is CCC(O)CCNC(=O)c1ccccc1NC(=O)c1cccs1. The molecule has 0 aliphatic carbocycles. The largest absolute Gasteiger partial charge is 0.393 e. The minimum absolute atomic E-state index is 0.235. The smallest absolute Gasteiger partial charge is 0.265 e. The highest BCUT2D eigenvalue weighted by atomic mass is 32.1. The first-order chi connectivity index (χ1) is 11.1. The monoisotopic (exact) mass is 332 g/mol. The Kier molecular flexibility index (Phi) is 6.31. The lowest BCUT2D eigenvalue weighted by Crippen LogP contribution is -2.28. The summed E-state index contributed by atoms with van der Waals surface area (Å²) < 4.78 is 0. The molecular formula is C17H20N2O3S. The number of nitrogens with one attached hydrogen (secondary N) is 2. The van der Waals surface area contributed by atoms with E-state index in [4.69, 9.17) is 0 Å². The summed E-state index contributed by atoms with van der Waals surface area (Å²) in [5.41, 5.74) is 0.878. The van der Waals surface area contributed by atoms with Crippen LogP contribution in [0.4, 0.5) is 5.69 Å². The maximum absolute atomic E-state index is 12.3. The zero-order valence-corrected chi connectivity index (χ0v) is 13.7. The maximum atomic E-state index is 12.3. The molecule has 1 heterocycles. The molecule has 0 saturated heterocycles. The third-order valence-corrected chi connectivity index (χ3v) is 4.27. The fourth-order valence-corrected chi connectivity index (χ4v) is 2.65. The molecule has 23 heavy (non-hydrogen) atoms. The number of hydrogen-bond acceptors (Lipinski definition) is 4. The zero-order valence-electron chi connectivity index (χ0n) is 12.9. The van der Waals surface area contributed by atoms with Gasteiger partial charge >= 0.3 is 0 Å². The highest BCUT2D eigenvalue weighted by Gasteiger charge is 2.14. The number of benzene rings is 1. The van der Waals surface area contributed by atoms with Gasteiger partial charge in [0.25, 0.3) is 11.8 Å². The molecule has 3 N–H and O–H groups in total. The number of rotatable bonds is 7. The van der Waals surface area contributed by atoms with Crippen LogP contribution in [0.2, 0.25) is 0 Å². The summed E-state index contributed by atoms with van der Waals surface area (Å²) in [5.74, 6) is -0.503. The van der Waals surface area contributed by atoms with Crippen LogP contribution in [0.3, 0.4) is 0 Å². The third-order valence-electron chi connectivity index (χ3n) is 3.40. The lowest BCUT2D eigenvalue weighted by Gasteiger charge is -2.12. The van der Waals surface area contributed by atoms with Crippen LogP contribution in [-0.4, -0.2) is 29.6 Å². The Labute approximate surface area is 139 Å². The first-order valence-corrected chi connectivity index (χ1v) is 8.40. The number of thiophene rings is 1. The van der Waals surface area contributed by atoms with E-state index in [1.165, 1.54) is 11.3 Å². The Hall–Kier alpha value is -2.18. The molecule has 0 saturated carbocycles. The quantitative estimate of drug-likeness (QED) is 0.729. The van der Waals surface area contributed by atoms with Gasteiger partial charge in [-0.15, -0.1) is 11.3 Å². The minimum atomic E-state index is -0.413. The topological polar surface area (TPSA) is 78.4 Å². The molecule has 1 aromatic carbocycles. The molecule has 0 spiro atoms. The number of aliphatic hydroxyl groups is 1. The zero-order chi connectivity index (χ0) is 16.7. The van der Waals surface area contributed by atoms with E-state index in [9.17, 15) is 14.7 Å². The van der Waals surface area contributed by atoms with Crippen molar-refractivity contribution >= 4 is 28.8 Å². The van der Waals surface area contributed by atoms with Crippen molar-refractivity contribution in [1.29, 1.82) is 0 Å². The molecular weight excluding hydrogens is 312 g/mol. The van der Waals surface area contributed by atoms with Crippen LogP contribution in [0, 0.1) is 0 Å². The lowest BCUT2D eigenvalue weighted by molar-refractivity contribution is 0.0943. The van der Waals surface area contributed by atoms with Gasteiger partial charge in [-0.1, -0.05) is 25.1 Å². The summed E-state index contributed by atoms with van der Waals surface area (Å²) in [5, 5.41) is 16.9. The average molecular weight is 332 g/mol. The number of para-hydroxylation sites is 1. The summed E-state index contributed by atoms with van der Waals surface area (Å²) >= 11 is 1.34. The van der Waals surface area contributed by atoms with E-state index in [1.807, 2.05) is 12.3 Å². The molecule has 0 radical (unpaired) electrons. The first kappa shape index (κ1) is 17.2. The fourth-order valence-electron chi connectivity index (χ4n) is 2.03. The minimum Gasteiger partial charge on any atom is -0.393 e. The van der Waals surface area contributed by atoms with Crippen molar-refractivity contribution in [3.63, 3.8) is 0 Å². The lowest BCUT2D eigenvalue weighted by atomic mass is 10.1. The van der Waals surface area contributed by atoms with Gasteiger partial charge in [0.1, 0.15) is 0 Å². The van der Waals surface area contributed by atoms with Gasteiger partial charge in [0, 0.05) is 6.54 Å². The standard InChI is InChI=1S/C17H20N2O3S/c1-2-12(20)9-10-18-16(21)13-6-3-4-7-14(13)19-17(22)15-8-5-11-23-15/h3-8,11-12,20H,2,9-10H2,1H3,(H,18,21)(H,19,22). The van der Waals surface area contributed by atoms with Crippen molar-refractivity contribution in [2.24, 2.45) is 0 Å². The number of carbonyl (C=O) groups excluding carboxylic acids is 2. The molecule has 122 valence electrons. The Balaban J connectivity index is 2.02. The molecule has 0 fully saturated rings. The molecule has 2 amide bonds. The van der Waals surface area contributed by atoms with Crippen molar-refractivity contribution in [2.45, 2.75) is 25.9 Å². The summed E-state index contributed by atoms with van der Waals surface area (Å²) in [6.07, 6.45) is 0.749. The van der Waals surface area contributed by atoms with Gasteiger partial charge in [0.15, 0.2) is 0 Å². The Morgan fingerprint density at radius 2 is 1.96 bits per heavy atom. The Bertz CT molecular complexity index is 656. The summed E-state index contributed by atoms with van der Waals surface area (Å²) in [6.45, 7) is 2.28. The molecule has 1 aromatic heterocycles. The van der Waals surface area contributed by atoms with Crippen LogP contribution in [0.25, 0.3) is 0 Å². The van der Waals surface area contributed by atoms with E-state index in [-0.39, 0.29) is 11.8 Å². The van der Waals surface area contributed by atoms with E-state index in [2.05, 4.69) is 10.6 Å². The average Bonchev–Trinajstić information content (AvgIpc) is 3.09. The van der Waals surface area contributed by atoms with Crippen molar-refractivity contribution < 1.29 is 14.7 Å². The molecule has 1 atom stereocenters. The second kappa shape index (κ2) is 8.45. The highest BCUT2D eigenvalue weighted by Crippen LogP contribution is 2.18. The molecule has 0 bridgehead atoms. The van der Waals surface area contributed by atoms with Crippen LogP contribution in [0.5, 0.6) is 0 Å². The normalized spacial score (nSPS) is 11.7. The van der Waals surface area contributed by atoms with Crippen molar-refractivity contribution in [3.8, 4) is 0 Å². The van der Waals surface area contributed by atoms with Crippen LogP contribution in [-0.2, 0) is 0 Å². The summed E-state index contributed by atoms with van der Waals surface area (Å²) in [4.78, 5) is 25.0. The van der Waals surface area contributed by atoms with Crippen molar-refractivity contribution in [3.05, 3.63) is 52.2 Å². The molecule has 6 heteroatoms. The third kappa shape index (κ3) is 4.91. The van der Waals surface area contributed by atoms with Crippen molar-refractivity contribution in [2.75, 3.05) is 11.9 Å². The van der Waals surface area contributed by atoms with Gasteiger partial charge < -0.3 is 15.7 Å². The van der Waals surface area contributed by atoms with Crippen LogP contribution in [0.15, 0.2) is 41.8 Å². The summed E-state index contributed by atoms with van der Waals surface area (Å²) in [6, 6.07) is 10.4. The number of aliphatic hydroxyl groups excluding tert-OH is 1. The van der Waals surface area contributed by atoms with Gasteiger partial charge in [0.05, 0.1) is 22.2 Å². The van der Waals surface area contributed by atoms with Gasteiger partial charge in [0.2, 0.25) is 0 Å². The number of carbonyl (C=O) groups is 2. The van der Waals surface area contributed by atoms with Crippen LogP contribution < -0.4 is 10.6 Å². The van der Waals surface area contributed by atoms with Gasteiger partial charge in [-0.05, 0) is 36.4 Å². The van der Waals surface area contributed by atoms with E-state index in [0.29, 0.717) is 35.5 Å². The predicted octanol–water partition coefficient (Wildman–Crippen LogP) is 2.89. The molecule has 0 aliphatic heterocycles. The van der Waals surface area contributed by atoms with Crippen LogP contribution in [0.1, 0.15) is 39.8 Å². The second-order valence-electron chi connectivity index (χ2n) is 5.08.